The first-order valence-electron chi connectivity index (χ1n) is 5.86. The Hall–Kier alpha value is -1.53. The van der Waals surface area contributed by atoms with Crippen LogP contribution in [0.4, 0.5) is 0 Å². The van der Waals surface area contributed by atoms with E-state index in [9.17, 15) is 0 Å². The fourth-order valence-corrected chi connectivity index (χ4v) is 1.77. The second kappa shape index (κ2) is 6.93. The molecule has 3 nitrogen and oxygen atoms in total. The molecule has 1 aromatic carbocycles. The highest BCUT2D eigenvalue weighted by molar-refractivity contribution is 5.36. The van der Waals surface area contributed by atoms with Gasteiger partial charge in [0.1, 0.15) is 5.75 Å². The number of ether oxygens (including phenoxy) is 1. The lowest BCUT2D eigenvalue weighted by atomic mass is 10.1. The van der Waals surface area contributed by atoms with Crippen LogP contribution in [0.2, 0.25) is 0 Å². The second-order valence-electron chi connectivity index (χ2n) is 4.27. The van der Waals surface area contributed by atoms with Crippen LogP contribution in [0.25, 0.3) is 0 Å². The highest BCUT2D eigenvalue weighted by Gasteiger charge is 2.02. The van der Waals surface area contributed by atoms with Crippen molar-refractivity contribution in [1.82, 2.24) is 4.90 Å². The van der Waals surface area contributed by atoms with E-state index in [4.69, 9.17) is 10.00 Å². The van der Waals surface area contributed by atoms with Gasteiger partial charge in [0.15, 0.2) is 0 Å². The van der Waals surface area contributed by atoms with E-state index in [2.05, 4.69) is 30.0 Å². The molecule has 0 atom stereocenters. The molecule has 3 heteroatoms. The Morgan fingerprint density at radius 3 is 2.71 bits per heavy atom. The van der Waals surface area contributed by atoms with Gasteiger partial charge in [-0.2, -0.15) is 5.26 Å². The molecule has 0 radical (unpaired) electrons. The predicted molar refractivity (Wildman–Crippen MR) is 69.2 cm³/mol. The summed E-state index contributed by atoms with van der Waals surface area (Å²) >= 11 is 0. The molecule has 0 fully saturated rings. The van der Waals surface area contributed by atoms with Crippen molar-refractivity contribution >= 4 is 0 Å². The monoisotopic (exact) mass is 232 g/mol. The Bertz CT molecular complexity index is 396. The molecule has 0 aliphatic heterocycles. The second-order valence-corrected chi connectivity index (χ2v) is 4.27. The Labute approximate surface area is 104 Å². The molecule has 0 N–H and O–H groups in total. The van der Waals surface area contributed by atoms with Crippen molar-refractivity contribution in [2.45, 2.75) is 19.8 Å². The van der Waals surface area contributed by atoms with Gasteiger partial charge in [0.2, 0.25) is 0 Å². The summed E-state index contributed by atoms with van der Waals surface area (Å²) in [5.74, 6) is 0.937. The minimum absolute atomic E-state index is 0.595. The van der Waals surface area contributed by atoms with E-state index in [0.717, 1.165) is 25.3 Å². The van der Waals surface area contributed by atoms with Gasteiger partial charge < -0.3 is 9.64 Å². The summed E-state index contributed by atoms with van der Waals surface area (Å²) in [5, 5.41) is 8.50. The number of aryl methyl sites for hydroxylation is 1. The smallest absolute Gasteiger partial charge is 0.121 e. The largest absolute Gasteiger partial charge is 0.496 e. The number of nitriles is 1. The van der Waals surface area contributed by atoms with Gasteiger partial charge in [-0.25, -0.2) is 0 Å². The maximum atomic E-state index is 8.50. The zero-order chi connectivity index (χ0) is 12.7. The molecule has 0 aliphatic rings. The molecule has 17 heavy (non-hydrogen) atoms. The van der Waals surface area contributed by atoms with Gasteiger partial charge >= 0.3 is 0 Å². The van der Waals surface area contributed by atoms with Crippen LogP contribution < -0.4 is 4.74 Å². The molecule has 92 valence electrons. The van der Waals surface area contributed by atoms with Crippen LogP contribution in [0, 0.1) is 18.3 Å². The van der Waals surface area contributed by atoms with E-state index in [1.165, 1.54) is 11.1 Å². The molecule has 0 aliphatic carbocycles. The summed E-state index contributed by atoms with van der Waals surface area (Å²) in [5.41, 5.74) is 2.48. The SMILES string of the molecule is COc1ccc(CCN(C)CCC#N)cc1C. The zero-order valence-electron chi connectivity index (χ0n) is 10.9. The average molecular weight is 232 g/mol. The number of rotatable bonds is 6. The Morgan fingerprint density at radius 1 is 1.35 bits per heavy atom. The van der Waals surface area contributed by atoms with Crippen LogP contribution in [0.15, 0.2) is 18.2 Å². The van der Waals surface area contributed by atoms with Crippen LogP contribution in [0.5, 0.6) is 5.75 Å². The zero-order valence-corrected chi connectivity index (χ0v) is 10.9. The van der Waals surface area contributed by atoms with E-state index in [1.807, 2.05) is 13.1 Å². The number of likely N-dealkylation sites (N-methyl/N-ethyl adjacent to an activating group) is 1. The molecular formula is C14H20N2O. The lowest BCUT2D eigenvalue weighted by molar-refractivity contribution is 0.346. The molecule has 0 bridgehead atoms. The topological polar surface area (TPSA) is 36.3 Å². The lowest BCUT2D eigenvalue weighted by Gasteiger charge is -2.15. The number of benzene rings is 1. The van der Waals surface area contributed by atoms with Crippen molar-refractivity contribution in [2.75, 3.05) is 27.2 Å². The van der Waals surface area contributed by atoms with Gasteiger partial charge in [0.25, 0.3) is 0 Å². The summed E-state index contributed by atoms with van der Waals surface area (Å²) in [6, 6.07) is 8.44. The number of hydrogen-bond acceptors (Lipinski definition) is 3. The van der Waals surface area contributed by atoms with Crippen LogP contribution in [0.1, 0.15) is 17.5 Å². The van der Waals surface area contributed by atoms with Gasteiger partial charge in [-0.3, -0.25) is 0 Å². The summed E-state index contributed by atoms with van der Waals surface area (Å²) < 4.78 is 5.23. The van der Waals surface area contributed by atoms with Gasteiger partial charge in [0, 0.05) is 19.5 Å². The molecule has 0 amide bonds. The van der Waals surface area contributed by atoms with E-state index in [-0.39, 0.29) is 0 Å². The molecule has 1 rings (SSSR count). The van der Waals surface area contributed by atoms with Crippen molar-refractivity contribution in [2.24, 2.45) is 0 Å². The van der Waals surface area contributed by atoms with Crippen molar-refractivity contribution in [1.29, 1.82) is 5.26 Å². The maximum Gasteiger partial charge on any atom is 0.121 e. The molecule has 0 saturated heterocycles. The standard InChI is InChI=1S/C14H20N2O/c1-12-11-13(5-6-14(12)17-3)7-10-16(2)9-4-8-15/h5-6,11H,4,7,9-10H2,1-3H3. The van der Waals surface area contributed by atoms with E-state index in [0.29, 0.717) is 6.42 Å². The Kier molecular flexibility index (Phi) is 5.51. The molecule has 0 saturated carbocycles. The van der Waals surface area contributed by atoms with Crippen molar-refractivity contribution in [3.63, 3.8) is 0 Å². The minimum Gasteiger partial charge on any atom is -0.496 e. The third-order valence-corrected chi connectivity index (χ3v) is 2.85. The Morgan fingerprint density at radius 2 is 2.12 bits per heavy atom. The lowest BCUT2D eigenvalue weighted by Crippen LogP contribution is -2.22. The van der Waals surface area contributed by atoms with Crippen LogP contribution in [-0.4, -0.2) is 32.1 Å². The molecular weight excluding hydrogens is 212 g/mol. The first-order valence-corrected chi connectivity index (χ1v) is 5.86. The normalized spacial score (nSPS) is 10.3. The quantitative estimate of drug-likeness (QED) is 0.755. The summed E-state index contributed by atoms with van der Waals surface area (Å²) in [6.45, 7) is 3.88. The number of nitrogens with zero attached hydrogens (tertiary/aromatic N) is 2. The maximum absolute atomic E-state index is 8.50. The first kappa shape index (κ1) is 13.5. The molecule has 0 unspecified atom stereocenters. The van der Waals surface area contributed by atoms with Crippen LogP contribution in [-0.2, 0) is 6.42 Å². The van der Waals surface area contributed by atoms with Gasteiger partial charge in [-0.15, -0.1) is 0 Å². The third kappa shape index (κ3) is 4.46. The summed E-state index contributed by atoms with van der Waals surface area (Å²) in [4.78, 5) is 2.18. The van der Waals surface area contributed by atoms with Crippen molar-refractivity contribution in [3.8, 4) is 11.8 Å². The van der Waals surface area contributed by atoms with Crippen molar-refractivity contribution in [3.05, 3.63) is 29.3 Å². The minimum atomic E-state index is 0.595. The van der Waals surface area contributed by atoms with Crippen LogP contribution in [0.3, 0.4) is 0 Å². The fraction of sp³-hybridized carbons (Fsp3) is 0.500. The number of methoxy groups -OCH3 is 1. The predicted octanol–water partition coefficient (Wildman–Crippen LogP) is 2.39. The molecule has 0 heterocycles. The summed E-state index contributed by atoms with van der Waals surface area (Å²) in [7, 11) is 3.74. The van der Waals surface area contributed by atoms with E-state index in [1.54, 1.807) is 7.11 Å². The first-order chi connectivity index (χ1) is 8.17. The fourth-order valence-electron chi connectivity index (χ4n) is 1.77. The van der Waals surface area contributed by atoms with Gasteiger partial charge in [0.05, 0.1) is 13.2 Å². The van der Waals surface area contributed by atoms with Crippen LogP contribution >= 0.6 is 0 Å². The highest BCUT2D eigenvalue weighted by Crippen LogP contribution is 2.18. The summed E-state index contributed by atoms with van der Waals surface area (Å²) in [6.07, 6.45) is 1.60. The Balaban J connectivity index is 2.47. The highest BCUT2D eigenvalue weighted by atomic mass is 16.5. The van der Waals surface area contributed by atoms with Gasteiger partial charge in [-0.05, 0) is 37.6 Å². The number of hydrogen-bond donors (Lipinski definition) is 0. The van der Waals surface area contributed by atoms with Gasteiger partial charge in [-0.1, -0.05) is 12.1 Å². The molecule has 0 aromatic heterocycles. The van der Waals surface area contributed by atoms with Crippen molar-refractivity contribution < 1.29 is 4.74 Å². The third-order valence-electron chi connectivity index (χ3n) is 2.85. The van der Waals surface area contributed by atoms with E-state index < -0.39 is 0 Å². The molecule has 1 aromatic rings. The molecule has 0 spiro atoms. The average Bonchev–Trinajstić information content (AvgIpc) is 2.34. The van der Waals surface area contributed by atoms with E-state index >= 15 is 0 Å².